The van der Waals surface area contributed by atoms with Crippen molar-refractivity contribution >= 4 is 34.5 Å². The Labute approximate surface area is 123 Å². The molecule has 3 rings (SSSR count). The Balaban J connectivity index is 1.88. The summed E-state index contributed by atoms with van der Waals surface area (Å²) in [5, 5.41) is 8.11. The second kappa shape index (κ2) is 5.33. The molecule has 3 aromatic rings. The van der Waals surface area contributed by atoms with E-state index in [1.165, 1.54) is 0 Å². The molecule has 0 N–H and O–H groups in total. The normalized spacial score (nSPS) is 10.8. The van der Waals surface area contributed by atoms with Crippen LogP contribution in [0.25, 0.3) is 11.3 Å². The van der Waals surface area contributed by atoms with Crippen LogP contribution in [0.5, 0.6) is 0 Å². The van der Waals surface area contributed by atoms with Crippen LogP contribution in [-0.2, 0) is 6.42 Å². The molecule has 0 fully saturated rings. The molecule has 3 nitrogen and oxygen atoms in total. The number of halogens is 2. The van der Waals surface area contributed by atoms with Gasteiger partial charge in [-0.3, -0.25) is 0 Å². The van der Waals surface area contributed by atoms with Gasteiger partial charge < -0.3 is 4.52 Å². The minimum absolute atomic E-state index is 0.557. The van der Waals surface area contributed by atoms with Gasteiger partial charge in [0.15, 0.2) is 0 Å². The first kappa shape index (κ1) is 12.7. The van der Waals surface area contributed by atoms with Gasteiger partial charge in [0, 0.05) is 28.2 Å². The number of benzene rings is 1. The van der Waals surface area contributed by atoms with Crippen molar-refractivity contribution in [3.05, 3.63) is 56.7 Å². The average Bonchev–Trinajstić information content (AvgIpc) is 3.01. The summed E-state index contributed by atoms with van der Waals surface area (Å²) in [4.78, 5) is 4.21. The fraction of sp³-hybridized carbons (Fsp3) is 0.0769. The summed E-state index contributed by atoms with van der Waals surface area (Å²) >= 11 is 13.6. The maximum Gasteiger partial charge on any atom is 0.144 e. The molecule has 0 amide bonds. The van der Waals surface area contributed by atoms with E-state index < -0.39 is 0 Å². The van der Waals surface area contributed by atoms with Gasteiger partial charge in [0.05, 0.1) is 11.4 Å². The van der Waals surface area contributed by atoms with Crippen LogP contribution in [0.4, 0.5) is 0 Å². The maximum absolute atomic E-state index is 6.14. The van der Waals surface area contributed by atoms with Gasteiger partial charge in [0.1, 0.15) is 16.5 Å². The van der Waals surface area contributed by atoms with E-state index in [0.29, 0.717) is 22.2 Å². The van der Waals surface area contributed by atoms with Crippen LogP contribution in [-0.4, -0.2) is 10.1 Å². The van der Waals surface area contributed by atoms with Crippen molar-refractivity contribution in [1.29, 1.82) is 0 Å². The first-order valence-corrected chi connectivity index (χ1v) is 7.15. The van der Waals surface area contributed by atoms with Gasteiger partial charge in [-0.15, -0.1) is 11.3 Å². The van der Waals surface area contributed by atoms with E-state index >= 15 is 0 Å². The Morgan fingerprint density at radius 2 is 2.11 bits per heavy atom. The number of aromatic nitrogens is 2. The van der Waals surface area contributed by atoms with Crippen LogP contribution in [0.2, 0.25) is 10.0 Å². The van der Waals surface area contributed by atoms with E-state index in [1.54, 1.807) is 29.7 Å². The van der Waals surface area contributed by atoms with Gasteiger partial charge in [-0.1, -0.05) is 28.4 Å². The number of thiazole rings is 1. The molecule has 0 bridgehead atoms. The van der Waals surface area contributed by atoms with Gasteiger partial charge in [-0.2, -0.15) is 0 Å². The molecule has 0 spiro atoms. The van der Waals surface area contributed by atoms with E-state index in [0.717, 1.165) is 16.3 Å². The smallest absolute Gasteiger partial charge is 0.144 e. The largest absolute Gasteiger partial charge is 0.360 e. The standard InChI is InChI=1S/C13H8Cl2N2OS/c14-8-1-2-10(11(15)5-8)12-6-9(18-17-12)7-13-16-3-4-19-13/h1-6H,7H2. The van der Waals surface area contributed by atoms with E-state index in [2.05, 4.69) is 10.1 Å². The summed E-state index contributed by atoms with van der Waals surface area (Å²) in [5.74, 6) is 0.760. The van der Waals surface area contributed by atoms with E-state index in [-0.39, 0.29) is 0 Å². The predicted octanol–water partition coefficient (Wildman–Crippen LogP) is 4.70. The zero-order valence-electron chi connectivity index (χ0n) is 9.64. The molecule has 0 saturated heterocycles. The maximum atomic E-state index is 6.14. The van der Waals surface area contributed by atoms with Crippen LogP contribution in [0.15, 0.2) is 40.4 Å². The van der Waals surface area contributed by atoms with Crippen molar-refractivity contribution in [3.8, 4) is 11.3 Å². The third-order valence-corrected chi connectivity index (χ3v) is 3.90. The van der Waals surface area contributed by atoms with E-state index in [1.807, 2.05) is 17.5 Å². The van der Waals surface area contributed by atoms with Crippen LogP contribution < -0.4 is 0 Å². The highest BCUT2D eigenvalue weighted by Gasteiger charge is 2.11. The Kier molecular flexibility index (Phi) is 3.55. The van der Waals surface area contributed by atoms with Crippen LogP contribution >= 0.6 is 34.5 Å². The summed E-state index contributed by atoms with van der Waals surface area (Å²) in [6.45, 7) is 0. The molecule has 2 aromatic heterocycles. The van der Waals surface area contributed by atoms with Crippen molar-refractivity contribution in [1.82, 2.24) is 10.1 Å². The lowest BCUT2D eigenvalue weighted by Crippen LogP contribution is -1.82. The summed E-state index contributed by atoms with van der Waals surface area (Å²) in [5.41, 5.74) is 1.51. The van der Waals surface area contributed by atoms with Crippen molar-refractivity contribution in [2.75, 3.05) is 0 Å². The lowest BCUT2D eigenvalue weighted by molar-refractivity contribution is 0.391. The number of hydrogen-bond donors (Lipinski definition) is 0. The van der Waals surface area contributed by atoms with Gasteiger partial charge in [0.25, 0.3) is 0 Å². The highest BCUT2D eigenvalue weighted by molar-refractivity contribution is 7.09. The quantitative estimate of drug-likeness (QED) is 0.704. The van der Waals surface area contributed by atoms with Gasteiger partial charge in [-0.25, -0.2) is 4.98 Å². The topological polar surface area (TPSA) is 38.9 Å². The molecule has 0 radical (unpaired) electrons. The second-order valence-corrected chi connectivity index (χ2v) is 5.73. The van der Waals surface area contributed by atoms with E-state index in [4.69, 9.17) is 27.7 Å². The second-order valence-electron chi connectivity index (χ2n) is 3.91. The molecule has 0 saturated carbocycles. The molecule has 0 aliphatic rings. The lowest BCUT2D eigenvalue weighted by atomic mass is 10.1. The first-order valence-electron chi connectivity index (χ1n) is 5.52. The molecular weight excluding hydrogens is 303 g/mol. The molecule has 0 aliphatic carbocycles. The van der Waals surface area contributed by atoms with Crippen molar-refractivity contribution in [2.45, 2.75) is 6.42 Å². The van der Waals surface area contributed by atoms with Crippen LogP contribution in [0.1, 0.15) is 10.8 Å². The first-order chi connectivity index (χ1) is 9.22. The molecule has 0 unspecified atom stereocenters. The Bertz CT molecular complexity index is 694. The Morgan fingerprint density at radius 3 is 2.84 bits per heavy atom. The minimum Gasteiger partial charge on any atom is -0.360 e. The molecule has 0 atom stereocenters. The zero-order valence-corrected chi connectivity index (χ0v) is 12.0. The number of rotatable bonds is 3. The number of hydrogen-bond acceptors (Lipinski definition) is 4. The van der Waals surface area contributed by atoms with E-state index in [9.17, 15) is 0 Å². The molecular formula is C13H8Cl2N2OS. The summed E-state index contributed by atoms with van der Waals surface area (Å²) in [7, 11) is 0. The predicted molar refractivity (Wildman–Crippen MR) is 76.9 cm³/mol. The zero-order chi connectivity index (χ0) is 13.2. The third kappa shape index (κ3) is 2.81. The fourth-order valence-corrected chi connectivity index (χ4v) is 2.84. The highest BCUT2D eigenvalue weighted by Crippen LogP contribution is 2.30. The number of nitrogens with zero attached hydrogens (tertiary/aromatic N) is 2. The summed E-state index contributed by atoms with van der Waals surface area (Å²) in [6.07, 6.45) is 2.41. The summed E-state index contributed by atoms with van der Waals surface area (Å²) in [6, 6.07) is 7.16. The van der Waals surface area contributed by atoms with Gasteiger partial charge >= 0.3 is 0 Å². The third-order valence-electron chi connectivity index (χ3n) is 2.57. The lowest BCUT2D eigenvalue weighted by Gasteiger charge is -1.99. The average molecular weight is 311 g/mol. The van der Waals surface area contributed by atoms with Crippen LogP contribution in [0, 0.1) is 0 Å². The van der Waals surface area contributed by atoms with Crippen molar-refractivity contribution < 1.29 is 4.52 Å². The van der Waals surface area contributed by atoms with Gasteiger partial charge in [0.2, 0.25) is 0 Å². The van der Waals surface area contributed by atoms with Crippen LogP contribution in [0.3, 0.4) is 0 Å². The van der Waals surface area contributed by atoms with Crippen molar-refractivity contribution in [3.63, 3.8) is 0 Å². The fourth-order valence-electron chi connectivity index (χ4n) is 1.71. The Morgan fingerprint density at radius 1 is 1.21 bits per heavy atom. The minimum atomic E-state index is 0.557. The SMILES string of the molecule is Clc1ccc(-c2cc(Cc3nccs3)on2)c(Cl)c1. The van der Waals surface area contributed by atoms with Crippen molar-refractivity contribution in [2.24, 2.45) is 0 Å². The molecule has 96 valence electrons. The molecule has 0 aliphatic heterocycles. The summed E-state index contributed by atoms with van der Waals surface area (Å²) < 4.78 is 5.30. The Hall–Kier alpha value is -1.36. The molecule has 2 heterocycles. The molecule has 19 heavy (non-hydrogen) atoms. The molecule has 6 heteroatoms. The monoisotopic (exact) mass is 310 g/mol. The highest BCUT2D eigenvalue weighted by atomic mass is 35.5. The molecule has 1 aromatic carbocycles. The van der Waals surface area contributed by atoms with Gasteiger partial charge in [-0.05, 0) is 18.2 Å².